The lowest BCUT2D eigenvalue weighted by atomic mass is 9.86. The molecule has 2 aliphatic heterocycles. The first-order chi connectivity index (χ1) is 11.8. The molecule has 3 aliphatic rings. The van der Waals surface area contributed by atoms with Gasteiger partial charge in [-0.15, -0.1) is 0 Å². The number of unbranched alkanes of at least 4 members (excludes halogenated alkanes) is 1. The van der Waals surface area contributed by atoms with Crippen LogP contribution in [0.25, 0.3) is 0 Å². The minimum atomic E-state index is 0.531. The smallest absolute Gasteiger partial charge is 0.0603 e. The Bertz CT molecular complexity index is 330. The molecule has 3 fully saturated rings. The lowest BCUT2D eigenvalue weighted by Crippen LogP contribution is -2.48. The highest BCUT2D eigenvalue weighted by Crippen LogP contribution is 2.29. The summed E-state index contributed by atoms with van der Waals surface area (Å²) in [5.41, 5.74) is 0. The van der Waals surface area contributed by atoms with E-state index in [1.165, 1.54) is 90.6 Å². The number of ether oxygens (including phenoxy) is 1. The summed E-state index contributed by atoms with van der Waals surface area (Å²) in [5, 5.41) is 3.43. The number of piperazine rings is 1. The molecule has 0 unspecified atom stereocenters. The Morgan fingerprint density at radius 1 is 0.833 bits per heavy atom. The lowest BCUT2D eigenvalue weighted by molar-refractivity contribution is -0.0502. The van der Waals surface area contributed by atoms with Gasteiger partial charge in [0.2, 0.25) is 0 Å². The van der Waals surface area contributed by atoms with Gasteiger partial charge in [-0.05, 0) is 70.5 Å². The van der Waals surface area contributed by atoms with Gasteiger partial charge in [0.25, 0.3) is 0 Å². The predicted molar refractivity (Wildman–Crippen MR) is 101 cm³/mol. The SMILES string of the molecule is CCCCN1CCN(CC2CCC(OC3CCNCC3)CC2)CC1. The van der Waals surface area contributed by atoms with Crippen molar-refractivity contribution in [2.75, 3.05) is 52.4 Å². The van der Waals surface area contributed by atoms with Gasteiger partial charge in [0.15, 0.2) is 0 Å². The Kier molecular flexibility index (Phi) is 7.84. The van der Waals surface area contributed by atoms with Crippen LogP contribution in [-0.4, -0.2) is 74.4 Å². The van der Waals surface area contributed by atoms with E-state index < -0.39 is 0 Å². The normalized spacial score (nSPS) is 31.4. The minimum absolute atomic E-state index is 0.531. The molecule has 0 amide bonds. The molecule has 0 aromatic heterocycles. The molecule has 2 heterocycles. The van der Waals surface area contributed by atoms with Gasteiger partial charge >= 0.3 is 0 Å². The summed E-state index contributed by atoms with van der Waals surface area (Å²) in [7, 11) is 0. The van der Waals surface area contributed by atoms with Gasteiger partial charge in [-0.2, -0.15) is 0 Å². The van der Waals surface area contributed by atoms with Crippen LogP contribution in [-0.2, 0) is 4.74 Å². The zero-order valence-corrected chi connectivity index (χ0v) is 15.8. The maximum atomic E-state index is 6.36. The summed E-state index contributed by atoms with van der Waals surface area (Å²) < 4.78 is 6.36. The van der Waals surface area contributed by atoms with Gasteiger partial charge in [-0.25, -0.2) is 0 Å². The van der Waals surface area contributed by atoms with Crippen molar-refractivity contribution in [3.05, 3.63) is 0 Å². The number of nitrogens with one attached hydrogen (secondary N) is 1. The van der Waals surface area contributed by atoms with Crippen molar-refractivity contribution in [1.82, 2.24) is 15.1 Å². The number of piperidine rings is 1. The van der Waals surface area contributed by atoms with Gasteiger partial charge in [-0.3, -0.25) is 0 Å². The van der Waals surface area contributed by atoms with Crippen LogP contribution in [0, 0.1) is 5.92 Å². The van der Waals surface area contributed by atoms with Crippen LogP contribution in [0.2, 0.25) is 0 Å². The Balaban J connectivity index is 1.28. The molecule has 1 N–H and O–H groups in total. The highest BCUT2D eigenvalue weighted by atomic mass is 16.5. The Morgan fingerprint density at radius 3 is 2.12 bits per heavy atom. The van der Waals surface area contributed by atoms with Crippen LogP contribution in [0.1, 0.15) is 58.3 Å². The van der Waals surface area contributed by atoms with Crippen molar-refractivity contribution in [2.45, 2.75) is 70.5 Å². The highest BCUT2D eigenvalue weighted by Gasteiger charge is 2.27. The van der Waals surface area contributed by atoms with Crippen molar-refractivity contribution in [3.63, 3.8) is 0 Å². The van der Waals surface area contributed by atoms with Gasteiger partial charge in [-0.1, -0.05) is 13.3 Å². The van der Waals surface area contributed by atoms with E-state index in [4.69, 9.17) is 4.74 Å². The van der Waals surface area contributed by atoms with Crippen molar-refractivity contribution in [2.24, 2.45) is 5.92 Å². The molecule has 1 saturated carbocycles. The molecule has 4 nitrogen and oxygen atoms in total. The largest absolute Gasteiger partial charge is 0.375 e. The molecule has 1 aliphatic carbocycles. The number of hydrogen-bond acceptors (Lipinski definition) is 4. The second-order valence-corrected chi connectivity index (χ2v) is 8.22. The second kappa shape index (κ2) is 10.1. The van der Waals surface area contributed by atoms with E-state index in [9.17, 15) is 0 Å². The van der Waals surface area contributed by atoms with E-state index in [0.717, 1.165) is 19.0 Å². The van der Waals surface area contributed by atoms with E-state index in [1.54, 1.807) is 0 Å². The highest BCUT2D eigenvalue weighted by molar-refractivity contribution is 4.80. The fraction of sp³-hybridized carbons (Fsp3) is 1.00. The average molecular weight is 338 g/mol. The molecule has 0 aromatic carbocycles. The van der Waals surface area contributed by atoms with Crippen LogP contribution in [0.4, 0.5) is 0 Å². The topological polar surface area (TPSA) is 27.7 Å². The number of hydrogen-bond donors (Lipinski definition) is 1. The van der Waals surface area contributed by atoms with Crippen LogP contribution >= 0.6 is 0 Å². The van der Waals surface area contributed by atoms with Gasteiger partial charge in [0, 0.05) is 32.7 Å². The summed E-state index contributed by atoms with van der Waals surface area (Å²) in [5.74, 6) is 0.917. The zero-order valence-electron chi connectivity index (χ0n) is 15.8. The third kappa shape index (κ3) is 5.98. The van der Waals surface area contributed by atoms with Crippen LogP contribution in [0.3, 0.4) is 0 Å². The van der Waals surface area contributed by atoms with Crippen molar-refractivity contribution < 1.29 is 4.74 Å². The number of rotatable bonds is 7. The molecule has 2 saturated heterocycles. The molecule has 0 bridgehead atoms. The van der Waals surface area contributed by atoms with E-state index in [1.807, 2.05) is 0 Å². The molecule has 24 heavy (non-hydrogen) atoms. The first-order valence-electron chi connectivity index (χ1n) is 10.6. The minimum Gasteiger partial charge on any atom is -0.375 e. The lowest BCUT2D eigenvalue weighted by Gasteiger charge is -2.38. The summed E-state index contributed by atoms with van der Waals surface area (Å²) in [6.45, 7) is 12.4. The monoisotopic (exact) mass is 337 g/mol. The molecule has 3 rings (SSSR count). The third-order valence-electron chi connectivity index (χ3n) is 6.27. The molecule has 4 heteroatoms. The first-order valence-corrected chi connectivity index (χ1v) is 10.6. The summed E-state index contributed by atoms with van der Waals surface area (Å²) >= 11 is 0. The molecule has 0 aromatic rings. The van der Waals surface area contributed by atoms with E-state index >= 15 is 0 Å². The zero-order chi connectivity index (χ0) is 16.6. The standard InChI is InChI=1S/C20H39N3O/c1-2-3-12-22-13-15-23(16-14-22)17-18-4-6-19(7-5-18)24-20-8-10-21-11-9-20/h18-21H,2-17H2,1H3. The molecule has 140 valence electrons. The second-order valence-electron chi connectivity index (χ2n) is 8.22. The molecule has 0 spiro atoms. The van der Waals surface area contributed by atoms with Gasteiger partial charge < -0.3 is 19.9 Å². The Morgan fingerprint density at radius 2 is 1.46 bits per heavy atom. The first kappa shape index (κ1) is 18.6. The number of nitrogens with zero attached hydrogens (tertiary/aromatic N) is 2. The van der Waals surface area contributed by atoms with Crippen LogP contribution < -0.4 is 5.32 Å². The summed E-state index contributed by atoms with van der Waals surface area (Å²) in [4.78, 5) is 5.38. The van der Waals surface area contributed by atoms with Crippen molar-refractivity contribution >= 4 is 0 Å². The molecular weight excluding hydrogens is 298 g/mol. The van der Waals surface area contributed by atoms with Crippen LogP contribution in [0.15, 0.2) is 0 Å². The van der Waals surface area contributed by atoms with Gasteiger partial charge in [0.1, 0.15) is 0 Å². The third-order valence-corrected chi connectivity index (χ3v) is 6.27. The van der Waals surface area contributed by atoms with Crippen LogP contribution in [0.5, 0.6) is 0 Å². The Hall–Kier alpha value is -0.160. The van der Waals surface area contributed by atoms with Crippen molar-refractivity contribution in [1.29, 1.82) is 0 Å². The average Bonchev–Trinajstić information content (AvgIpc) is 2.64. The Labute approximate surface area is 149 Å². The summed E-state index contributed by atoms with van der Waals surface area (Å²) in [6, 6.07) is 0. The van der Waals surface area contributed by atoms with Crippen molar-refractivity contribution in [3.8, 4) is 0 Å². The maximum Gasteiger partial charge on any atom is 0.0603 e. The maximum absolute atomic E-state index is 6.36. The molecule has 0 radical (unpaired) electrons. The van der Waals surface area contributed by atoms with E-state index in [2.05, 4.69) is 22.0 Å². The molecule has 0 atom stereocenters. The van der Waals surface area contributed by atoms with E-state index in [0.29, 0.717) is 12.2 Å². The van der Waals surface area contributed by atoms with Gasteiger partial charge in [0.05, 0.1) is 12.2 Å². The predicted octanol–water partition coefficient (Wildman–Crippen LogP) is 2.73. The van der Waals surface area contributed by atoms with E-state index in [-0.39, 0.29) is 0 Å². The fourth-order valence-electron chi connectivity index (χ4n) is 4.60. The molecular formula is C20H39N3O. The fourth-order valence-corrected chi connectivity index (χ4v) is 4.60. The quantitative estimate of drug-likeness (QED) is 0.773. The summed E-state index contributed by atoms with van der Waals surface area (Å²) in [6.07, 6.45) is 11.5.